The predicted octanol–water partition coefficient (Wildman–Crippen LogP) is 1.86. The molecular weight excluding hydrogens is 498 g/mol. The zero-order valence-electron chi connectivity index (χ0n) is 19.7. The van der Waals surface area contributed by atoms with E-state index in [1.807, 2.05) is 0 Å². The van der Waals surface area contributed by atoms with Crippen molar-refractivity contribution >= 4 is 33.3 Å². The number of nitro groups is 1. The molecule has 3 rings (SSSR count). The predicted molar refractivity (Wildman–Crippen MR) is 126 cm³/mol. The summed E-state index contributed by atoms with van der Waals surface area (Å²) in [5.74, 6) is -1.49. The van der Waals surface area contributed by atoms with Crippen LogP contribution in [0.25, 0.3) is 0 Å². The van der Waals surface area contributed by atoms with E-state index < -0.39 is 51.1 Å². The van der Waals surface area contributed by atoms with Gasteiger partial charge in [-0.3, -0.25) is 19.7 Å². The zero-order valence-corrected chi connectivity index (χ0v) is 20.5. The van der Waals surface area contributed by atoms with Gasteiger partial charge in [-0.2, -0.15) is 4.72 Å². The normalized spacial score (nSPS) is 13.6. The number of nitro benzene ring substituents is 1. The third kappa shape index (κ3) is 6.40. The smallest absolute Gasteiger partial charge is 0.324 e. The lowest BCUT2D eigenvalue weighted by atomic mass is 10.1. The van der Waals surface area contributed by atoms with Crippen molar-refractivity contribution in [2.45, 2.75) is 24.8 Å². The molecule has 0 radical (unpaired) electrons. The minimum atomic E-state index is -4.17. The Morgan fingerprint density at radius 1 is 1.11 bits per heavy atom. The summed E-state index contributed by atoms with van der Waals surface area (Å²) in [5, 5.41) is 13.6. The molecule has 0 saturated heterocycles. The van der Waals surface area contributed by atoms with Gasteiger partial charge in [-0.05, 0) is 30.2 Å². The van der Waals surface area contributed by atoms with Gasteiger partial charge in [0.25, 0.3) is 11.6 Å². The Morgan fingerprint density at radius 2 is 1.81 bits per heavy atom. The van der Waals surface area contributed by atoms with Gasteiger partial charge in [0, 0.05) is 6.07 Å². The average molecular weight is 524 g/mol. The average Bonchev–Trinajstić information content (AvgIpc) is 2.85. The van der Waals surface area contributed by atoms with Crippen LogP contribution in [0, 0.1) is 16.0 Å². The molecule has 1 heterocycles. The molecule has 13 nitrogen and oxygen atoms in total. The Labute approximate surface area is 206 Å². The molecule has 0 aromatic heterocycles. The first-order chi connectivity index (χ1) is 17.0. The molecule has 1 atom stereocenters. The lowest BCUT2D eigenvalue weighted by Crippen LogP contribution is -2.45. The van der Waals surface area contributed by atoms with Crippen LogP contribution in [0.5, 0.6) is 17.2 Å². The molecule has 0 bridgehead atoms. The number of hydrogen-bond acceptors (Lipinski definition) is 10. The van der Waals surface area contributed by atoms with Gasteiger partial charge in [-0.1, -0.05) is 13.8 Å². The van der Waals surface area contributed by atoms with Gasteiger partial charge >= 0.3 is 5.97 Å². The van der Waals surface area contributed by atoms with E-state index in [1.54, 1.807) is 13.8 Å². The molecule has 36 heavy (non-hydrogen) atoms. The SMILES string of the molecule is COc1ccc(NC(=O)COC(=O)[C@@H](NS(=O)(=O)c2ccc3c(c2)OCCO3)C(C)C)c([N+](=O)[O-])c1. The highest BCUT2D eigenvalue weighted by Gasteiger charge is 2.31. The number of nitrogens with one attached hydrogen (secondary N) is 2. The number of carbonyl (C=O) groups is 2. The highest BCUT2D eigenvalue weighted by Crippen LogP contribution is 2.32. The number of benzene rings is 2. The van der Waals surface area contributed by atoms with Gasteiger partial charge in [-0.15, -0.1) is 0 Å². The molecule has 1 aliphatic heterocycles. The highest BCUT2D eigenvalue weighted by atomic mass is 32.2. The maximum Gasteiger partial charge on any atom is 0.324 e. The fourth-order valence-corrected chi connectivity index (χ4v) is 4.54. The second-order valence-corrected chi connectivity index (χ2v) is 9.66. The summed E-state index contributed by atoms with van der Waals surface area (Å²) in [6.45, 7) is 3.01. The third-order valence-corrected chi connectivity index (χ3v) is 6.49. The lowest BCUT2D eigenvalue weighted by molar-refractivity contribution is -0.384. The van der Waals surface area contributed by atoms with E-state index in [1.165, 1.54) is 37.4 Å². The van der Waals surface area contributed by atoms with Crippen LogP contribution < -0.4 is 24.2 Å². The highest BCUT2D eigenvalue weighted by molar-refractivity contribution is 7.89. The topological polar surface area (TPSA) is 172 Å². The van der Waals surface area contributed by atoms with Gasteiger partial charge in [0.05, 0.1) is 23.0 Å². The Bertz CT molecular complexity index is 1260. The molecule has 2 aromatic rings. The summed E-state index contributed by atoms with van der Waals surface area (Å²) in [6.07, 6.45) is 0. The fourth-order valence-electron chi connectivity index (χ4n) is 3.19. The Kier molecular flexibility index (Phi) is 8.32. The van der Waals surface area contributed by atoms with Crippen molar-refractivity contribution in [1.82, 2.24) is 4.72 Å². The number of hydrogen-bond donors (Lipinski definition) is 2. The van der Waals surface area contributed by atoms with Gasteiger partial charge in [0.1, 0.15) is 30.7 Å². The van der Waals surface area contributed by atoms with E-state index in [4.69, 9.17) is 18.9 Å². The Hall–Kier alpha value is -3.91. The first kappa shape index (κ1) is 26.7. The van der Waals surface area contributed by atoms with Crippen molar-refractivity contribution in [2.24, 2.45) is 5.92 Å². The number of esters is 1. The molecule has 0 unspecified atom stereocenters. The molecule has 2 N–H and O–H groups in total. The van der Waals surface area contributed by atoms with Crippen LogP contribution in [0.2, 0.25) is 0 Å². The number of carbonyl (C=O) groups excluding carboxylic acids is 2. The van der Waals surface area contributed by atoms with Crippen LogP contribution in [0.1, 0.15) is 13.8 Å². The van der Waals surface area contributed by atoms with Crippen molar-refractivity contribution in [3.8, 4) is 17.2 Å². The van der Waals surface area contributed by atoms with Crippen LogP contribution in [-0.4, -0.2) is 58.2 Å². The van der Waals surface area contributed by atoms with Crippen molar-refractivity contribution in [3.63, 3.8) is 0 Å². The van der Waals surface area contributed by atoms with Gasteiger partial charge in [0.15, 0.2) is 18.1 Å². The molecule has 0 fully saturated rings. The van der Waals surface area contributed by atoms with Crippen molar-refractivity contribution < 1.29 is 41.9 Å². The van der Waals surface area contributed by atoms with E-state index in [-0.39, 0.29) is 28.7 Å². The minimum absolute atomic E-state index is 0.124. The molecule has 0 spiro atoms. The number of sulfonamides is 1. The molecular formula is C22H25N3O10S. The monoisotopic (exact) mass is 523 g/mol. The van der Waals surface area contributed by atoms with E-state index in [2.05, 4.69) is 10.0 Å². The summed E-state index contributed by atoms with van der Waals surface area (Å²) in [4.78, 5) is 35.3. The van der Waals surface area contributed by atoms with Crippen LogP contribution in [0.4, 0.5) is 11.4 Å². The largest absolute Gasteiger partial charge is 0.496 e. The minimum Gasteiger partial charge on any atom is -0.496 e. The number of fused-ring (bicyclic) bond motifs is 1. The maximum absolute atomic E-state index is 12.9. The summed E-state index contributed by atoms with van der Waals surface area (Å²) in [5.41, 5.74) is -0.539. The zero-order chi connectivity index (χ0) is 26.5. The molecule has 1 amide bonds. The first-order valence-corrected chi connectivity index (χ1v) is 12.2. The van der Waals surface area contributed by atoms with Gasteiger partial charge in [0.2, 0.25) is 10.0 Å². The number of nitrogens with zero attached hydrogens (tertiary/aromatic N) is 1. The summed E-state index contributed by atoms with van der Waals surface area (Å²) in [7, 11) is -2.83. The second-order valence-electron chi connectivity index (χ2n) is 7.94. The van der Waals surface area contributed by atoms with Crippen LogP contribution in [-0.2, 0) is 24.3 Å². The molecule has 0 saturated carbocycles. The second kappa shape index (κ2) is 11.2. The van der Waals surface area contributed by atoms with Crippen LogP contribution >= 0.6 is 0 Å². The molecule has 194 valence electrons. The molecule has 0 aliphatic carbocycles. The van der Waals surface area contributed by atoms with Gasteiger partial charge < -0.3 is 24.3 Å². The van der Waals surface area contributed by atoms with E-state index in [0.717, 1.165) is 6.07 Å². The van der Waals surface area contributed by atoms with Crippen molar-refractivity contribution in [3.05, 3.63) is 46.5 Å². The lowest BCUT2D eigenvalue weighted by Gasteiger charge is -2.22. The quantitative estimate of drug-likeness (QED) is 0.266. The summed E-state index contributed by atoms with van der Waals surface area (Å²) < 4.78 is 48.8. The third-order valence-electron chi connectivity index (χ3n) is 5.05. The van der Waals surface area contributed by atoms with Crippen LogP contribution in [0.15, 0.2) is 41.3 Å². The number of ether oxygens (including phenoxy) is 4. The maximum atomic E-state index is 12.9. The first-order valence-electron chi connectivity index (χ1n) is 10.7. The number of methoxy groups -OCH3 is 1. The van der Waals surface area contributed by atoms with Gasteiger partial charge in [-0.25, -0.2) is 8.42 Å². The summed E-state index contributed by atoms with van der Waals surface area (Å²) in [6, 6.07) is 6.55. The molecule has 1 aliphatic rings. The Balaban J connectivity index is 1.66. The molecule has 14 heteroatoms. The number of anilines is 1. The number of rotatable bonds is 10. The van der Waals surface area contributed by atoms with E-state index >= 15 is 0 Å². The van der Waals surface area contributed by atoms with Crippen molar-refractivity contribution in [2.75, 3.05) is 32.2 Å². The molecule has 2 aromatic carbocycles. The van der Waals surface area contributed by atoms with E-state index in [0.29, 0.717) is 12.4 Å². The standard InChI is InChI=1S/C22H25N3O10S/c1-13(2)21(24-36(30,31)15-5-7-18-19(11-15)34-9-8-33-18)22(27)35-12-20(26)23-16-6-4-14(32-3)10-17(16)25(28)29/h4-7,10-11,13,21,24H,8-9,12H2,1-3H3,(H,23,26)/t21-/m0/s1. The van der Waals surface area contributed by atoms with Crippen molar-refractivity contribution in [1.29, 1.82) is 0 Å². The fraction of sp³-hybridized carbons (Fsp3) is 0.364. The Morgan fingerprint density at radius 3 is 2.44 bits per heavy atom. The number of amides is 1. The van der Waals surface area contributed by atoms with E-state index in [9.17, 15) is 28.1 Å². The van der Waals surface area contributed by atoms with Crippen LogP contribution in [0.3, 0.4) is 0 Å². The summed E-state index contributed by atoms with van der Waals surface area (Å²) >= 11 is 0.